The highest BCUT2D eigenvalue weighted by atomic mass is 19.4. The van der Waals surface area contributed by atoms with Crippen molar-refractivity contribution < 1.29 is 32.3 Å². The zero-order valence-electron chi connectivity index (χ0n) is 21.4. The molecule has 2 aromatic carbocycles. The Morgan fingerprint density at radius 1 is 1.03 bits per heavy atom. The van der Waals surface area contributed by atoms with E-state index in [-0.39, 0.29) is 0 Å². The van der Waals surface area contributed by atoms with Crippen molar-refractivity contribution in [3.05, 3.63) is 71.1 Å². The van der Waals surface area contributed by atoms with Crippen LogP contribution in [0.25, 0.3) is 0 Å². The Bertz CT molecular complexity index is 1160. The van der Waals surface area contributed by atoms with Gasteiger partial charge in [-0.25, -0.2) is 4.79 Å². The zero-order valence-corrected chi connectivity index (χ0v) is 21.4. The number of carbonyl (C=O) groups is 1. The van der Waals surface area contributed by atoms with Gasteiger partial charge in [-0.3, -0.25) is 0 Å². The fraction of sp³-hybridized carbons (Fsp3) is 0.444. The van der Waals surface area contributed by atoms with Crippen molar-refractivity contribution in [1.82, 2.24) is 10.1 Å². The van der Waals surface area contributed by atoms with Gasteiger partial charge in [-0.2, -0.15) is 18.2 Å². The maximum atomic E-state index is 13.0. The third-order valence-corrected chi connectivity index (χ3v) is 5.81. The monoisotopic (exact) mass is 519 g/mol. The number of benzene rings is 2. The first-order chi connectivity index (χ1) is 17.3. The molecular formula is C27H32F3N3O4. The number of hydrogen-bond acceptors (Lipinski definition) is 6. The van der Waals surface area contributed by atoms with Gasteiger partial charge in [0.2, 0.25) is 5.89 Å². The highest BCUT2D eigenvalue weighted by Crippen LogP contribution is 2.29. The third-order valence-electron chi connectivity index (χ3n) is 5.81. The van der Waals surface area contributed by atoms with Crippen LogP contribution in [0.4, 0.5) is 19.1 Å². The first kappa shape index (κ1) is 28.0. The number of carboxylic acid groups (broad SMARTS) is 1. The number of ether oxygens (including phenoxy) is 1. The lowest BCUT2D eigenvalue weighted by atomic mass is 10.1. The lowest BCUT2D eigenvalue weighted by Gasteiger charge is -2.22. The van der Waals surface area contributed by atoms with Gasteiger partial charge in [0.1, 0.15) is 5.75 Å². The van der Waals surface area contributed by atoms with Crippen LogP contribution in [-0.2, 0) is 30.4 Å². The largest absolute Gasteiger partial charge is 0.478 e. The molecular weight excluding hydrogens is 487 g/mol. The Kier molecular flexibility index (Phi) is 8.83. The Morgan fingerprint density at radius 2 is 1.65 bits per heavy atom. The Hall–Kier alpha value is -3.56. The normalized spacial score (nSPS) is 12.1. The van der Waals surface area contributed by atoms with Crippen molar-refractivity contribution in [2.24, 2.45) is 5.92 Å². The van der Waals surface area contributed by atoms with Crippen LogP contribution in [0.15, 0.2) is 53.1 Å². The summed E-state index contributed by atoms with van der Waals surface area (Å²) < 4.78 is 49.9. The molecule has 7 nitrogen and oxygen atoms in total. The molecule has 1 N–H and O–H groups in total. The number of rotatable bonds is 12. The number of aryl methyl sites for hydroxylation is 1. The van der Waals surface area contributed by atoms with E-state index in [0.717, 1.165) is 24.1 Å². The molecule has 37 heavy (non-hydrogen) atoms. The van der Waals surface area contributed by atoms with Crippen molar-refractivity contribution >= 4 is 11.9 Å². The fourth-order valence-corrected chi connectivity index (χ4v) is 3.48. The summed E-state index contributed by atoms with van der Waals surface area (Å²) in [6.45, 7) is 7.94. The molecule has 0 radical (unpaired) electrons. The number of aliphatic carboxylic acids is 1. The second-order valence-electron chi connectivity index (χ2n) is 9.85. The van der Waals surface area contributed by atoms with Gasteiger partial charge in [0, 0.05) is 19.5 Å². The molecule has 1 aromatic heterocycles. The van der Waals surface area contributed by atoms with Crippen molar-refractivity contribution in [2.75, 3.05) is 11.4 Å². The third kappa shape index (κ3) is 8.23. The Morgan fingerprint density at radius 3 is 2.22 bits per heavy atom. The zero-order chi connectivity index (χ0) is 27.2. The molecule has 0 saturated carbocycles. The predicted octanol–water partition coefficient (Wildman–Crippen LogP) is 6.17. The van der Waals surface area contributed by atoms with E-state index in [0.29, 0.717) is 55.0 Å². The lowest BCUT2D eigenvalue weighted by Crippen LogP contribution is -2.37. The smallest absolute Gasteiger partial charge is 0.416 e. The molecule has 0 aliphatic carbocycles. The van der Waals surface area contributed by atoms with E-state index in [1.54, 1.807) is 12.1 Å². The summed E-state index contributed by atoms with van der Waals surface area (Å²) in [6, 6.07) is 12.1. The van der Waals surface area contributed by atoms with E-state index in [2.05, 4.69) is 24.0 Å². The minimum Gasteiger partial charge on any atom is -0.478 e. The minimum absolute atomic E-state index is 0.301. The van der Waals surface area contributed by atoms with Crippen LogP contribution in [0.1, 0.15) is 56.7 Å². The second kappa shape index (κ2) is 11.7. The molecule has 0 amide bonds. The minimum atomic E-state index is -4.40. The molecule has 0 bridgehead atoms. The number of carboxylic acids is 1. The highest BCUT2D eigenvalue weighted by Gasteiger charge is 2.30. The summed E-state index contributed by atoms with van der Waals surface area (Å²) in [7, 11) is 0. The summed E-state index contributed by atoms with van der Waals surface area (Å²) in [5, 5.41) is 13.4. The fourth-order valence-electron chi connectivity index (χ4n) is 3.48. The lowest BCUT2D eigenvalue weighted by molar-refractivity contribution is -0.152. The van der Waals surface area contributed by atoms with Crippen LogP contribution in [0.2, 0.25) is 0 Å². The Labute approximate surface area is 214 Å². The maximum Gasteiger partial charge on any atom is 0.416 e. The number of halogens is 3. The maximum absolute atomic E-state index is 13.0. The molecule has 0 aliphatic heterocycles. The van der Waals surface area contributed by atoms with E-state index in [4.69, 9.17) is 9.26 Å². The molecule has 0 aliphatic rings. The van der Waals surface area contributed by atoms with Crippen LogP contribution >= 0.6 is 0 Å². The molecule has 10 heteroatoms. The van der Waals surface area contributed by atoms with E-state index in [1.165, 1.54) is 26.0 Å². The SMILES string of the molecule is CC(C)CCc1nc(N(CCc2ccc(OC(C)(C)C(=O)O)cc2)Cc2ccc(C(F)(F)F)cc2)no1. The number of nitrogens with zero attached hydrogens (tertiary/aromatic N) is 3. The molecule has 200 valence electrons. The molecule has 0 fully saturated rings. The summed E-state index contributed by atoms with van der Waals surface area (Å²) in [5.74, 6) is 0.742. The van der Waals surface area contributed by atoms with Crippen LogP contribution in [0.3, 0.4) is 0 Å². The van der Waals surface area contributed by atoms with Gasteiger partial charge in [0.25, 0.3) is 5.95 Å². The summed E-state index contributed by atoms with van der Waals surface area (Å²) in [6.07, 6.45) is -2.27. The second-order valence-corrected chi connectivity index (χ2v) is 9.85. The van der Waals surface area contributed by atoms with Gasteiger partial charge < -0.3 is 19.3 Å². The first-order valence-electron chi connectivity index (χ1n) is 12.1. The van der Waals surface area contributed by atoms with Gasteiger partial charge in [-0.1, -0.05) is 38.1 Å². The topological polar surface area (TPSA) is 88.7 Å². The summed E-state index contributed by atoms with van der Waals surface area (Å²) in [4.78, 5) is 17.7. The quantitative estimate of drug-likeness (QED) is 0.306. The molecule has 0 unspecified atom stereocenters. The average Bonchev–Trinajstić information content (AvgIpc) is 3.30. The van der Waals surface area contributed by atoms with E-state index >= 15 is 0 Å². The van der Waals surface area contributed by atoms with Gasteiger partial charge in [-0.15, -0.1) is 0 Å². The molecule has 3 aromatic rings. The van der Waals surface area contributed by atoms with Crippen LogP contribution in [-0.4, -0.2) is 33.4 Å². The molecule has 3 rings (SSSR count). The first-order valence-corrected chi connectivity index (χ1v) is 12.1. The van der Waals surface area contributed by atoms with Crippen molar-refractivity contribution in [1.29, 1.82) is 0 Å². The van der Waals surface area contributed by atoms with Gasteiger partial charge in [-0.05, 0) is 73.2 Å². The highest BCUT2D eigenvalue weighted by molar-refractivity contribution is 5.76. The van der Waals surface area contributed by atoms with Gasteiger partial charge in [0.15, 0.2) is 5.60 Å². The predicted molar refractivity (Wildman–Crippen MR) is 132 cm³/mol. The van der Waals surface area contributed by atoms with Gasteiger partial charge >= 0.3 is 12.1 Å². The van der Waals surface area contributed by atoms with Crippen LogP contribution in [0.5, 0.6) is 5.75 Å². The summed E-state index contributed by atoms with van der Waals surface area (Å²) in [5.41, 5.74) is -0.416. The van der Waals surface area contributed by atoms with E-state index in [9.17, 15) is 23.1 Å². The summed E-state index contributed by atoms with van der Waals surface area (Å²) >= 11 is 0. The number of aromatic nitrogens is 2. The van der Waals surface area contributed by atoms with Crippen molar-refractivity contribution in [3.8, 4) is 5.75 Å². The van der Waals surface area contributed by atoms with Crippen LogP contribution < -0.4 is 9.64 Å². The molecule has 0 atom stereocenters. The van der Waals surface area contributed by atoms with Crippen molar-refractivity contribution in [2.45, 2.75) is 65.3 Å². The van der Waals surface area contributed by atoms with Gasteiger partial charge in [0.05, 0.1) is 5.56 Å². The molecule has 0 saturated heterocycles. The standard InChI is InChI=1S/C27H32F3N3O4/c1-18(2)5-14-23-31-25(32-37-23)33(17-20-6-10-21(11-7-20)27(28,29)30)16-15-19-8-12-22(13-9-19)36-26(3,4)24(34)35/h6-13,18H,5,14-17H2,1-4H3,(H,34,35). The Balaban J connectivity index is 1.73. The molecule has 1 heterocycles. The average molecular weight is 520 g/mol. The van der Waals surface area contributed by atoms with E-state index < -0.39 is 23.3 Å². The molecule has 0 spiro atoms. The number of hydrogen-bond donors (Lipinski definition) is 1. The number of anilines is 1. The van der Waals surface area contributed by atoms with Crippen molar-refractivity contribution in [3.63, 3.8) is 0 Å². The van der Waals surface area contributed by atoms with Crippen LogP contribution in [0, 0.1) is 5.92 Å². The number of alkyl halides is 3. The van der Waals surface area contributed by atoms with E-state index in [1.807, 2.05) is 17.0 Å².